The van der Waals surface area contributed by atoms with Crippen molar-refractivity contribution in [1.29, 1.82) is 0 Å². The highest BCUT2D eigenvalue weighted by atomic mass is 15.2. The van der Waals surface area contributed by atoms with Crippen molar-refractivity contribution in [3.63, 3.8) is 0 Å². The van der Waals surface area contributed by atoms with Crippen LogP contribution in [0.3, 0.4) is 0 Å². The molecule has 2 heterocycles. The van der Waals surface area contributed by atoms with Crippen LogP contribution in [0, 0.1) is 0 Å². The molecule has 2 aromatic rings. The molecule has 1 saturated heterocycles. The van der Waals surface area contributed by atoms with Crippen LogP contribution in [-0.4, -0.2) is 30.7 Å². The van der Waals surface area contributed by atoms with E-state index >= 15 is 0 Å². The first-order chi connectivity index (χ1) is 8.90. The molecule has 18 heavy (non-hydrogen) atoms. The van der Waals surface area contributed by atoms with E-state index in [2.05, 4.69) is 46.4 Å². The Morgan fingerprint density at radius 3 is 2.83 bits per heavy atom. The van der Waals surface area contributed by atoms with Gasteiger partial charge in [0.15, 0.2) is 0 Å². The lowest BCUT2D eigenvalue weighted by atomic mass is 10.1. The normalized spacial score (nSPS) is 15.6. The number of pyridine rings is 1. The van der Waals surface area contributed by atoms with Gasteiger partial charge in [0, 0.05) is 36.9 Å². The van der Waals surface area contributed by atoms with E-state index in [1.165, 1.54) is 17.5 Å². The first-order valence-corrected chi connectivity index (χ1v) is 6.71. The van der Waals surface area contributed by atoms with E-state index < -0.39 is 0 Å². The second-order valence-corrected chi connectivity index (χ2v) is 4.85. The quantitative estimate of drug-likeness (QED) is 0.891. The molecule has 1 N–H and O–H groups in total. The summed E-state index contributed by atoms with van der Waals surface area (Å²) >= 11 is 0. The SMILES string of the molecule is CCCN(c1ccnc2ccccc12)C1CNC1. The topological polar surface area (TPSA) is 28.2 Å². The first-order valence-electron chi connectivity index (χ1n) is 6.71. The number of fused-ring (bicyclic) bond motifs is 1. The van der Waals surface area contributed by atoms with Crippen molar-refractivity contribution in [3.8, 4) is 0 Å². The zero-order valence-electron chi connectivity index (χ0n) is 10.8. The second-order valence-electron chi connectivity index (χ2n) is 4.85. The first kappa shape index (κ1) is 11.5. The summed E-state index contributed by atoms with van der Waals surface area (Å²) in [6.07, 6.45) is 3.10. The number of aromatic nitrogens is 1. The van der Waals surface area contributed by atoms with Crippen molar-refractivity contribution >= 4 is 16.6 Å². The molecule has 0 amide bonds. The van der Waals surface area contributed by atoms with Crippen molar-refractivity contribution in [3.05, 3.63) is 36.5 Å². The lowest BCUT2D eigenvalue weighted by Gasteiger charge is -2.40. The zero-order chi connectivity index (χ0) is 12.4. The van der Waals surface area contributed by atoms with Gasteiger partial charge in [-0.05, 0) is 18.6 Å². The molecule has 0 spiro atoms. The van der Waals surface area contributed by atoms with E-state index in [1.54, 1.807) is 0 Å². The fourth-order valence-corrected chi connectivity index (χ4v) is 2.57. The Morgan fingerprint density at radius 2 is 2.11 bits per heavy atom. The number of para-hydroxylation sites is 1. The maximum atomic E-state index is 4.45. The van der Waals surface area contributed by atoms with E-state index in [4.69, 9.17) is 0 Å². The average molecular weight is 241 g/mol. The summed E-state index contributed by atoms with van der Waals surface area (Å²) in [4.78, 5) is 6.97. The van der Waals surface area contributed by atoms with Gasteiger partial charge >= 0.3 is 0 Å². The maximum Gasteiger partial charge on any atom is 0.0722 e. The van der Waals surface area contributed by atoms with Gasteiger partial charge in [-0.25, -0.2) is 0 Å². The molecule has 1 aliphatic rings. The lowest BCUT2D eigenvalue weighted by molar-refractivity contribution is 0.413. The standard InChI is InChI=1S/C15H19N3/c1-2-9-18(12-10-16-11-12)15-7-8-17-14-6-4-3-5-13(14)15/h3-8,12,16H,2,9-11H2,1H3. The summed E-state index contributed by atoms with van der Waals surface area (Å²) < 4.78 is 0. The molecule has 1 aliphatic heterocycles. The Balaban J connectivity index is 2.04. The molecule has 3 heteroatoms. The molecule has 3 rings (SSSR count). The molecule has 3 nitrogen and oxygen atoms in total. The number of anilines is 1. The predicted molar refractivity (Wildman–Crippen MR) is 76.0 cm³/mol. The van der Waals surface area contributed by atoms with Gasteiger partial charge < -0.3 is 10.2 Å². The van der Waals surface area contributed by atoms with Gasteiger partial charge in [-0.1, -0.05) is 25.1 Å². The van der Waals surface area contributed by atoms with Crippen LogP contribution in [0.15, 0.2) is 36.5 Å². The summed E-state index contributed by atoms with van der Waals surface area (Å²) in [5.41, 5.74) is 2.41. The van der Waals surface area contributed by atoms with E-state index in [0.717, 1.165) is 25.2 Å². The number of nitrogens with zero attached hydrogens (tertiary/aromatic N) is 2. The van der Waals surface area contributed by atoms with Gasteiger partial charge in [0.05, 0.1) is 11.6 Å². The molecule has 0 aliphatic carbocycles. The fraction of sp³-hybridized carbons (Fsp3) is 0.400. The predicted octanol–water partition coefficient (Wildman–Crippen LogP) is 2.42. The third-order valence-electron chi connectivity index (χ3n) is 3.60. The Labute approximate surface area is 108 Å². The molecule has 0 atom stereocenters. The van der Waals surface area contributed by atoms with Crippen LogP contribution < -0.4 is 10.2 Å². The Morgan fingerprint density at radius 1 is 1.28 bits per heavy atom. The van der Waals surface area contributed by atoms with Crippen molar-refractivity contribution < 1.29 is 0 Å². The summed E-state index contributed by atoms with van der Waals surface area (Å²) in [5.74, 6) is 0. The van der Waals surface area contributed by atoms with Gasteiger partial charge in [0.2, 0.25) is 0 Å². The third kappa shape index (κ3) is 1.95. The van der Waals surface area contributed by atoms with Crippen molar-refractivity contribution in [2.75, 3.05) is 24.5 Å². The highest BCUT2D eigenvalue weighted by Gasteiger charge is 2.25. The van der Waals surface area contributed by atoms with Crippen LogP contribution in [0.2, 0.25) is 0 Å². The van der Waals surface area contributed by atoms with Crippen molar-refractivity contribution in [2.24, 2.45) is 0 Å². The minimum absolute atomic E-state index is 0.635. The minimum atomic E-state index is 0.635. The lowest BCUT2D eigenvalue weighted by Crippen LogP contribution is -2.57. The van der Waals surface area contributed by atoms with E-state index in [1.807, 2.05) is 12.3 Å². The molecule has 94 valence electrons. The molecule has 0 bridgehead atoms. The van der Waals surface area contributed by atoms with Crippen LogP contribution >= 0.6 is 0 Å². The molecule has 0 saturated carbocycles. The molecule has 0 unspecified atom stereocenters. The summed E-state index contributed by atoms with van der Waals surface area (Å²) in [7, 11) is 0. The van der Waals surface area contributed by atoms with Gasteiger partial charge in [0.1, 0.15) is 0 Å². The Kier molecular flexibility index (Phi) is 3.15. The minimum Gasteiger partial charge on any atom is -0.365 e. The molecule has 1 aromatic carbocycles. The molecular formula is C15H19N3. The number of hydrogen-bond acceptors (Lipinski definition) is 3. The largest absolute Gasteiger partial charge is 0.365 e. The second kappa shape index (κ2) is 4.94. The molecule has 0 radical (unpaired) electrons. The molecule has 1 aromatic heterocycles. The van der Waals surface area contributed by atoms with Crippen LogP contribution in [-0.2, 0) is 0 Å². The molecular weight excluding hydrogens is 222 g/mol. The fourth-order valence-electron chi connectivity index (χ4n) is 2.57. The van der Waals surface area contributed by atoms with Gasteiger partial charge in [-0.15, -0.1) is 0 Å². The van der Waals surface area contributed by atoms with E-state index in [-0.39, 0.29) is 0 Å². The Hall–Kier alpha value is -1.61. The molecule has 1 fully saturated rings. The summed E-state index contributed by atoms with van der Waals surface area (Å²) in [6.45, 7) is 5.54. The highest BCUT2D eigenvalue weighted by Crippen LogP contribution is 2.27. The average Bonchev–Trinajstić information content (AvgIpc) is 2.35. The summed E-state index contributed by atoms with van der Waals surface area (Å²) in [5, 5.41) is 4.62. The third-order valence-corrected chi connectivity index (χ3v) is 3.60. The van der Waals surface area contributed by atoms with Gasteiger partial charge in [0.25, 0.3) is 0 Å². The van der Waals surface area contributed by atoms with Crippen molar-refractivity contribution in [2.45, 2.75) is 19.4 Å². The van der Waals surface area contributed by atoms with Crippen LogP contribution in [0.25, 0.3) is 10.9 Å². The number of benzene rings is 1. The smallest absolute Gasteiger partial charge is 0.0722 e. The number of nitrogens with one attached hydrogen (secondary N) is 1. The summed E-state index contributed by atoms with van der Waals surface area (Å²) in [6, 6.07) is 11.2. The maximum absolute atomic E-state index is 4.45. The Bertz CT molecular complexity index is 529. The monoisotopic (exact) mass is 241 g/mol. The zero-order valence-corrected chi connectivity index (χ0v) is 10.8. The number of rotatable bonds is 4. The van der Waals surface area contributed by atoms with Crippen LogP contribution in [0.5, 0.6) is 0 Å². The van der Waals surface area contributed by atoms with E-state index in [9.17, 15) is 0 Å². The van der Waals surface area contributed by atoms with E-state index in [0.29, 0.717) is 6.04 Å². The van der Waals surface area contributed by atoms with Crippen LogP contribution in [0.1, 0.15) is 13.3 Å². The van der Waals surface area contributed by atoms with Crippen LogP contribution in [0.4, 0.5) is 5.69 Å². The number of hydrogen-bond donors (Lipinski definition) is 1. The van der Waals surface area contributed by atoms with Gasteiger partial charge in [-0.3, -0.25) is 4.98 Å². The van der Waals surface area contributed by atoms with Crippen molar-refractivity contribution in [1.82, 2.24) is 10.3 Å². The van der Waals surface area contributed by atoms with Gasteiger partial charge in [-0.2, -0.15) is 0 Å². The highest BCUT2D eigenvalue weighted by molar-refractivity contribution is 5.91.